The Hall–Kier alpha value is -2.25. The highest BCUT2D eigenvalue weighted by molar-refractivity contribution is 5.97. The summed E-state index contributed by atoms with van der Waals surface area (Å²) in [4.78, 5) is 24.0. The van der Waals surface area contributed by atoms with Crippen molar-refractivity contribution in [3.63, 3.8) is 0 Å². The lowest BCUT2D eigenvalue weighted by molar-refractivity contribution is -0.142. The molecule has 0 saturated carbocycles. The van der Waals surface area contributed by atoms with E-state index in [4.69, 9.17) is 14.5 Å². The van der Waals surface area contributed by atoms with Gasteiger partial charge in [0.2, 0.25) is 0 Å². The van der Waals surface area contributed by atoms with E-state index in [9.17, 15) is 4.79 Å². The summed E-state index contributed by atoms with van der Waals surface area (Å²) in [5.74, 6) is 0.991. The summed E-state index contributed by atoms with van der Waals surface area (Å²) in [5, 5.41) is 2.89. The Labute approximate surface area is 140 Å². The highest BCUT2D eigenvalue weighted by atomic mass is 16.6. The van der Waals surface area contributed by atoms with Gasteiger partial charge in [0.25, 0.3) is 5.91 Å². The van der Waals surface area contributed by atoms with Crippen molar-refractivity contribution < 1.29 is 14.3 Å². The van der Waals surface area contributed by atoms with E-state index in [1.807, 2.05) is 24.3 Å². The van der Waals surface area contributed by atoms with E-state index >= 15 is 0 Å². The summed E-state index contributed by atoms with van der Waals surface area (Å²) in [5.41, 5.74) is 1.59. The first kappa shape index (κ1) is 15.3. The largest absolute Gasteiger partial charge is 0.376 e. The SMILES string of the molecule is O=C(Nc1nc2ccccc2nc1N1CCCC1)[C@@H]1COCCO1. The van der Waals surface area contributed by atoms with Gasteiger partial charge >= 0.3 is 0 Å². The molecule has 0 bridgehead atoms. The first-order valence-corrected chi connectivity index (χ1v) is 8.33. The minimum Gasteiger partial charge on any atom is -0.376 e. The number of nitrogens with one attached hydrogen (secondary N) is 1. The van der Waals surface area contributed by atoms with Crippen molar-refractivity contribution in [2.24, 2.45) is 0 Å². The third-order valence-electron chi connectivity index (χ3n) is 4.31. The Balaban J connectivity index is 1.66. The summed E-state index contributed by atoms with van der Waals surface area (Å²) >= 11 is 0. The molecule has 7 nitrogen and oxygen atoms in total. The van der Waals surface area contributed by atoms with Gasteiger partial charge in [-0.2, -0.15) is 0 Å². The van der Waals surface area contributed by atoms with Crippen LogP contribution in [0.1, 0.15) is 12.8 Å². The van der Waals surface area contributed by atoms with Gasteiger partial charge in [-0.1, -0.05) is 12.1 Å². The fourth-order valence-corrected chi connectivity index (χ4v) is 3.06. The molecule has 0 radical (unpaired) electrons. The number of carbonyl (C=O) groups excluding carboxylic acids is 1. The maximum absolute atomic E-state index is 12.5. The molecule has 2 saturated heterocycles. The number of anilines is 2. The molecule has 1 aromatic heterocycles. The van der Waals surface area contributed by atoms with Gasteiger partial charge in [-0.25, -0.2) is 9.97 Å². The van der Waals surface area contributed by atoms with Gasteiger partial charge in [0.1, 0.15) is 0 Å². The summed E-state index contributed by atoms with van der Waals surface area (Å²) < 4.78 is 10.8. The van der Waals surface area contributed by atoms with E-state index in [1.54, 1.807) is 0 Å². The Morgan fingerprint density at radius 2 is 1.88 bits per heavy atom. The Morgan fingerprint density at radius 1 is 1.12 bits per heavy atom. The van der Waals surface area contributed by atoms with Crippen molar-refractivity contribution in [3.05, 3.63) is 24.3 Å². The van der Waals surface area contributed by atoms with E-state index in [0.717, 1.165) is 42.8 Å². The summed E-state index contributed by atoms with van der Waals surface area (Å²) in [7, 11) is 0. The molecular formula is C17H20N4O3. The minimum absolute atomic E-state index is 0.236. The second-order valence-corrected chi connectivity index (χ2v) is 6.00. The van der Waals surface area contributed by atoms with Gasteiger partial charge in [-0.05, 0) is 25.0 Å². The quantitative estimate of drug-likeness (QED) is 0.922. The standard InChI is InChI=1S/C17H20N4O3/c22-17(14-11-23-9-10-24-14)20-15-16(21-7-3-4-8-21)19-13-6-2-1-5-12(13)18-15/h1-2,5-6,14H,3-4,7-11H2,(H,18,20,22)/t14-/m0/s1. The number of carbonyl (C=O) groups is 1. The van der Waals surface area contributed by atoms with E-state index < -0.39 is 6.10 Å². The van der Waals surface area contributed by atoms with Gasteiger partial charge in [-0.3, -0.25) is 4.79 Å². The molecule has 3 heterocycles. The highest BCUT2D eigenvalue weighted by Crippen LogP contribution is 2.28. The van der Waals surface area contributed by atoms with E-state index in [2.05, 4.69) is 15.2 Å². The number of para-hydroxylation sites is 2. The summed E-state index contributed by atoms with van der Waals surface area (Å²) in [6.07, 6.45) is 1.65. The molecule has 1 N–H and O–H groups in total. The molecule has 24 heavy (non-hydrogen) atoms. The van der Waals surface area contributed by atoms with Crippen LogP contribution in [0.3, 0.4) is 0 Å². The molecule has 1 amide bonds. The number of fused-ring (bicyclic) bond motifs is 1. The van der Waals surface area contributed by atoms with Gasteiger partial charge in [0, 0.05) is 13.1 Å². The average molecular weight is 328 g/mol. The zero-order valence-corrected chi connectivity index (χ0v) is 13.4. The molecule has 2 aliphatic rings. The molecule has 0 aliphatic carbocycles. The lowest BCUT2D eigenvalue weighted by Crippen LogP contribution is -2.39. The van der Waals surface area contributed by atoms with Crippen LogP contribution in [0.25, 0.3) is 11.0 Å². The summed E-state index contributed by atoms with van der Waals surface area (Å²) in [6.45, 7) is 3.09. The van der Waals surface area contributed by atoms with E-state index in [1.165, 1.54) is 0 Å². The number of hydrogen-bond acceptors (Lipinski definition) is 6. The Kier molecular flexibility index (Phi) is 4.27. The van der Waals surface area contributed by atoms with Crippen molar-refractivity contribution >= 4 is 28.6 Å². The Bertz CT molecular complexity index is 740. The number of ether oxygens (including phenoxy) is 2. The highest BCUT2D eigenvalue weighted by Gasteiger charge is 2.26. The van der Waals surface area contributed by atoms with Gasteiger partial charge < -0.3 is 19.7 Å². The normalized spacial score (nSPS) is 21.2. The Morgan fingerprint density at radius 3 is 2.58 bits per heavy atom. The maximum atomic E-state index is 12.5. The van der Waals surface area contributed by atoms with Crippen molar-refractivity contribution in [3.8, 4) is 0 Å². The van der Waals surface area contributed by atoms with Crippen molar-refractivity contribution in [1.29, 1.82) is 0 Å². The molecule has 0 spiro atoms. The first-order valence-electron chi connectivity index (χ1n) is 8.33. The minimum atomic E-state index is -0.599. The molecule has 2 fully saturated rings. The summed E-state index contributed by atoms with van der Waals surface area (Å²) in [6, 6.07) is 7.68. The fraction of sp³-hybridized carbons (Fsp3) is 0.471. The predicted octanol–water partition coefficient (Wildman–Crippen LogP) is 1.58. The maximum Gasteiger partial charge on any atom is 0.257 e. The topological polar surface area (TPSA) is 76.6 Å². The number of amides is 1. The third kappa shape index (κ3) is 3.05. The van der Waals surface area contributed by atoms with E-state index in [0.29, 0.717) is 19.0 Å². The number of hydrogen-bond donors (Lipinski definition) is 1. The number of nitrogens with zero attached hydrogens (tertiary/aromatic N) is 3. The van der Waals surface area contributed by atoms with Crippen LogP contribution in [0.4, 0.5) is 11.6 Å². The van der Waals surface area contributed by atoms with E-state index in [-0.39, 0.29) is 12.5 Å². The van der Waals surface area contributed by atoms with Crippen LogP contribution in [0.15, 0.2) is 24.3 Å². The van der Waals surface area contributed by atoms with Crippen LogP contribution >= 0.6 is 0 Å². The van der Waals surface area contributed by atoms with Crippen LogP contribution < -0.4 is 10.2 Å². The molecule has 4 rings (SSSR count). The van der Waals surface area contributed by atoms with Crippen LogP contribution in [-0.2, 0) is 14.3 Å². The molecule has 0 unspecified atom stereocenters. The van der Waals surface area contributed by atoms with Crippen LogP contribution in [0.5, 0.6) is 0 Å². The zero-order valence-electron chi connectivity index (χ0n) is 13.4. The second-order valence-electron chi connectivity index (χ2n) is 6.00. The molecule has 1 atom stereocenters. The lowest BCUT2D eigenvalue weighted by Gasteiger charge is -2.24. The number of rotatable bonds is 3. The van der Waals surface area contributed by atoms with Gasteiger partial charge in [0.05, 0.1) is 30.9 Å². The molecular weight excluding hydrogens is 308 g/mol. The smallest absolute Gasteiger partial charge is 0.257 e. The fourth-order valence-electron chi connectivity index (χ4n) is 3.06. The molecule has 1 aromatic carbocycles. The molecule has 7 heteroatoms. The second kappa shape index (κ2) is 6.70. The van der Waals surface area contributed by atoms with Crippen molar-refractivity contribution in [2.75, 3.05) is 43.1 Å². The average Bonchev–Trinajstić information content (AvgIpc) is 3.16. The lowest BCUT2D eigenvalue weighted by atomic mass is 10.3. The van der Waals surface area contributed by atoms with Crippen molar-refractivity contribution in [1.82, 2.24) is 9.97 Å². The molecule has 2 aliphatic heterocycles. The third-order valence-corrected chi connectivity index (χ3v) is 4.31. The first-order chi connectivity index (χ1) is 11.8. The van der Waals surface area contributed by atoms with Crippen LogP contribution in [0.2, 0.25) is 0 Å². The number of benzene rings is 1. The van der Waals surface area contributed by atoms with Crippen LogP contribution in [-0.4, -0.2) is 54.9 Å². The van der Waals surface area contributed by atoms with Crippen molar-refractivity contribution in [2.45, 2.75) is 18.9 Å². The molecule has 2 aromatic rings. The van der Waals surface area contributed by atoms with Gasteiger partial charge in [0.15, 0.2) is 17.7 Å². The van der Waals surface area contributed by atoms with Gasteiger partial charge in [-0.15, -0.1) is 0 Å². The zero-order chi connectivity index (χ0) is 16.4. The monoisotopic (exact) mass is 328 g/mol. The predicted molar refractivity (Wildman–Crippen MR) is 90.2 cm³/mol. The van der Waals surface area contributed by atoms with Crippen LogP contribution in [0, 0.1) is 0 Å². The number of aromatic nitrogens is 2. The molecule has 126 valence electrons.